The van der Waals surface area contributed by atoms with Crippen LogP contribution in [0.3, 0.4) is 0 Å². The fourth-order valence-electron chi connectivity index (χ4n) is 3.76. The van der Waals surface area contributed by atoms with Crippen molar-refractivity contribution in [3.8, 4) is 0 Å². The summed E-state index contributed by atoms with van der Waals surface area (Å²) < 4.78 is 0. The topological polar surface area (TPSA) is 66.0 Å². The highest BCUT2D eigenvalue weighted by Crippen LogP contribution is 2.29. The largest absolute Gasteiger partial charge is 0.330 e. The first-order chi connectivity index (χ1) is 13.4. The molecule has 1 aliphatic rings. The second-order valence-electron chi connectivity index (χ2n) is 7.84. The highest BCUT2D eigenvalue weighted by molar-refractivity contribution is 6.10. The minimum absolute atomic E-state index is 0.0434. The molecule has 0 aromatic heterocycles. The molecule has 0 unspecified atom stereocenters. The fourth-order valence-corrected chi connectivity index (χ4v) is 3.76. The van der Waals surface area contributed by atoms with Crippen molar-refractivity contribution < 1.29 is 14.9 Å². The molecule has 1 heterocycles. The van der Waals surface area contributed by atoms with Crippen LogP contribution in [0.5, 0.6) is 0 Å². The molecule has 148 valence electrons. The molecule has 5 nitrogen and oxygen atoms in total. The number of hydrogen-bond acceptors (Lipinski definition) is 2. The molecule has 0 saturated carbocycles. The van der Waals surface area contributed by atoms with Gasteiger partial charge in [0.1, 0.15) is 12.6 Å². The van der Waals surface area contributed by atoms with Gasteiger partial charge in [-0.3, -0.25) is 14.5 Å². The zero-order valence-electron chi connectivity index (χ0n) is 17.1. The van der Waals surface area contributed by atoms with E-state index in [0.717, 1.165) is 12.1 Å². The Kier molecular flexibility index (Phi) is 6.15. The number of nitrogens with two attached hydrogens (primary N) is 1. The molecule has 0 fully saturated rings. The number of benzene rings is 2. The summed E-state index contributed by atoms with van der Waals surface area (Å²) in [6, 6.07) is 16.0. The van der Waals surface area contributed by atoms with E-state index in [4.69, 9.17) is 0 Å². The predicted molar refractivity (Wildman–Crippen MR) is 112 cm³/mol. The van der Waals surface area contributed by atoms with E-state index in [2.05, 4.69) is 55.7 Å². The second kappa shape index (κ2) is 8.57. The van der Waals surface area contributed by atoms with Crippen LogP contribution in [0.15, 0.2) is 48.5 Å². The van der Waals surface area contributed by atoms with E-state index in [1.54, 1.807) is 4.90 Å². The summed E-state index contributed by atoms with van der Waals surface area (Å²) in [6.07, 6.45) is 1.02. The average molecular weight is 381 g/mol. The van der Waals surface area contributed by atoms with Crippen LogP contribution < -0.4 is 15.5 Å². The summed E-state index contributed by atoms with van der Waals surface area (Å²) in [6.45, 7) is 8.48. The van der Waals surface area contributed by atoms with E-state index in [1.807, 2.05) is 31.2 Å². The maximum Gasteiger partial charge on any atom is 0.285 e. The van der Waals surface area contributed by atoms with Crippen molar-refractivity contribution >= 4 is 23.2 Å². The van der Waals surface area contributed by atoms with E-state index in [9.17, 15) is 9.59 Å². The van der Waals surface area contributed by atoms with Gasteiger partial charge in [-0.2, -0.15) is 0 Å². The molecule has 5 heteroatoms. The third-order valence-electron chi connectivity index (χ3n) is 5.41. The lowest BCUT2D eigenvalue weighted by Gasteiger charge is -2.31. The van der Waals surface area contributed by atoms with E-state index < -0.39 is 0 Å². The van der Waals surface area contributed by atoms with E-state index >= 15 is 0 Å². The number of quaternary nitrogens is 1. The summed E-state index contributed by atoms with van der Waals surface area (Å²) in [5.74, 6) is 0.174. The summed E-state index contributed by atoms with van der Waals surface area (Å²) >= 11 is 0. The lowest BCUT2D eigenvalue weighted by molar-refractivity contribution is -0.719. The van der Waals surface area contributed by atoms with Gasteiger partial charge < -0.3 is 10.6 Å². The number of aryl methyl sites for hydroxylation is 1. The Morgan fingerprint density at radius 3 is 2.43 bits per heavy atom. The van der Waals surface area contributed by atoms with Crippen molar-refractivity contribution in [1.29, 1.82) is 0 Å². The van der Waals surface area contributed by atoms with Gasteiger partial charge in [0.05, 0.1) is 11.4 Å². The summed E-state index contributed by atoms with van der Waals surface area (Å²) in [5, 5.41) is 4.96. The van der Waals surface area contributed by atoms with Crippen molar-refractivity contribution in [1.82, 2.24) is 0 Å². The van der Waals surface area contributed by atoms with Crippen molar-refractivity contribution in [3.05, 3.63) is 59.7 Å². The second-order valence-corrected chi connectivity index (χ2v) is 7.84. The minimum Gasteiger partial charge on any atom is -0.330 e. The number of anilines is 2. The van der Waals surface area contributed by atoms with Gasteiger partial charge in [-0.05, 0) is 31.0 Å². The van der Waals surface area contributed by atoms with Gasteiger partial charge in [-0.1, -0.05) is 57.2 Å². The molecule has 0 radical (unpaired) electrons. The van der Waals surface area contributed by atoms with Crippen molar-refractivity contribution in [3.63, 3.8) is 0 Å². The molecule has 2 atom stereocenters. The molecule has 2 aromatic carbocycles. The molecule has 0 bridgehead atoms. The molecule has 0 aliphatic carbocycles. The van der Waals surface area contributed by atoms with Gasteiger partial charge in [0, 0.05) is 11.5 Å². The first-order valence-corrected chi connectivity index (χ1v) is 10.0. The molecule has 0 spiro atoms. The Balaban J connectivity index is 1.79. The van der Waals surface area contributed by atoms with Crippen molar-refractivity contribution in [2.24, 2.45) is 5.92 Å². The molecule has 3 N–H and O–H groups in total. The van der Waals surface area contributed by atoms with E-state index in [1.165, 1.54) is 11.1 Å². The van der Waals surface area contributed by atoms with Crippen LogP contribution in [0.1, 0.15) is 44.9 Å². The van der Waals surface area contributed by atoms with Gasteiger partial charge in [-0.15, -0.1) is 0 Å². The van der Waals surface area contributed by atoms with E-state index in [-0.39, 0.29) is 30.4 Å². The van der Waals surface area contributed by atoms with Crippen LogP contribution in [-0.4, -0.2) is 24.4 Å². The van der Waals surface area contributed by atoms with Gasteiger partial charge in [0.25, 0.3) is 5.91 Å². The molecule has 28 heavy (non-hydrogen) atoms. The van der Waals surface area contributed by atoms with E-state index in [0.29, 0.717) is 11.6 Å². The number of fused-ring (bicyclic) bond motifs is 1. The Hall–Kier alpha value is -2.66. The van der Waals surface area contributed by atoms with Gasteiger partial charge in [0.15, 0.2) is 6.04 Å². The fraction of sp³-hybridized carbons (Fsp3) is 0.391. The number of carbonyl (C=O) groups excluding carboxylic acids is 2. The van der Waals surface area contributed by atoms with Gasteiger partial charge in [0.2, 0.25) is 5.91 Å². The quantitative estimate of drug-likeness (QED) is 0.809. The van der Waals surface area contributed by atoms with Crippen LogP contribution in [0.2, 0.25) is 0 Å². The molecule has 2 amide bonds. The Bertz CT molecular complexity index is 845. The highest BCUT2D eigenvalue weighted by atomic mass is 16.2. The Morgan fingerprint density at radius 2 is 1.79 bits per heavy atom. The number of para-hydroxylation sites is 2. The zero-order valence-corrected chi connectivity index (χ0v) is 17.1. The summed E-state index contributed by atoms with van der Waals surface area (Å²) in [5.41, 5.74) is 3.99. The Morgan fingerprint density at radius 1 is 1.11 bits per heavy atom. The number of rotatable bonds is 6. The van der Waals surface area contributed by atoms with Crippen LogP contribution in [-0.2, 0) is 16.0 Å². The summed E-state index contributed by atoms with van der Waals surface area (Å²) in [4.78, 5) is 26.9. The number of nitrogens with one attached hydrogen (secondary N) is 1. The molecular formula is C23H30N3O2+. The van der Waals surface area contributed by atoms with Gasteiger partial charge in [-0.25, -0.2) is 0 Å². The van der Waals surface area contributed by atoms with Crippen LogP contribution in [0.25, 0.3) is 0 Å². The normalized spacial score (nSPS) is 15.8. The number of nitrogens with zero attached hydrogens (tertiary/aromatic N) is 1. The van der Waals surface area contributed by atoms with Crippen LogP contribution in [0.4, 0.5) is 11.4 Å². The van der Waals surface area contributed by atoms with Gasteiger partial charge >= 0.3 is 0 Å². The number of hydrogen-bond donors (Lipinski definition) is 2. The highest BCUT2D eigenvalue weighted by Gasteiger charge is 2.33. The lowest BCUT2D eigenvalue weighted by Crippen LogP contribution is -2.93. The smallest absolute Gasteiger partial charge is 0.285 e. The lowest BCUT2D eigenvalue weighted by atomic mass is 9.94. The predicted octanol–water partition coefficient (Wildman–Crippen LogP) is 2.88. The third-order valence-corrected chi connectivity index (χ3v) is 5.41. The molecular weight excluding hydrogens is 350 g/mol. The monoisotopic (exact) mass is 380 g/mol. The van der Waals surface area contributed by atoms with Crippen molar-refractivity contribution in [2.75, 3.05) is 16.8 Å². The average Bonchev–Trinajstić information content (AvgIpc) is 2.70. The Labute approximate surface area is 167 Å². The minimum atomic E-state index is -0.294. The van der Waals surface area contributed by atoms with Crippen LogP contribution >= 0.6 is 0 Å². The first-order valence-electron chi connectivity index (χ1n) is 10.0. The van der Waals surface area contributed by atoms with Crippen LogP contribution in [0, 0.1) is 5.92 Å². The summed E-state index contributed by atoms with van der Waals surface area (Å²) in [7, 11) is 0. The standard InChI is InChI=1S/C23H29N3O2/c1-5-17-10-12-18(13-11-17)22(15(2)3)24-16(4)23(28)26-14-21(27)25-19-8-6-7-9-20(19)26/h6-13,15-16,22,24H,5,14H2,1-4H3,(H,25,27)/p+1/t16-,22-/m0/s1. The zero-order chi connectivity index (χ0) is 20.3. The maximum atomic E-state index is 13.2. The third kappa shape index (κ3) is 4.25. The maximum absolute atomic E-state index is 13.2. The first kappa shape index (κ1) is 20.1. The molecule has 3 rings (SSSR count). The van der Waals surface area contributed by atoms with Crippen molar-refractivity contribution in [2.45, 2.75) is 46.2 Å². The number of carbonyl (C=O) groups is 2. The molecule has 0 saturated heterocycles. The molecule has 1 aliphatic heterocycles. The SMILES string of the molecule is CCc1ccc([C@@H]([NH2+][C@@H](C)C(=O)N2CC(=O)Nc3ccccc32)C(C)C)cc1. The number of amides is 2. The molecule has 2 aromatic rings.